The van der Waals surface area contributed by atoms with E-state index < -0.39 is 28.5 Å². The van der Waals surface area contributed by atoms with Crippen LogP contribution in [0.5, 0.6) is 0 Å². The Bertz CT molecular complexity index is 1440. The molecule has 0 fully saturated rings. The highest BCUT2D eigenvalue weighted by molar-refractivity contribution is 7.92. The molecule has 0 bridgehead atoms. The molecule has 2 unspecified atom stereocenters. The first-order valence-electron chi connectivity index (χ1n) is 14.3. The van der Waals surface area contributed by atoms with E-state index in [9.17, 15) is 18.0 Å². The number of nitrogens with one attached hydrogen (secondary N) is 1. The van der Waals surface area contributed by atoms with Gasteiger partial charge < -0.3 is 10.2 Å². The van der Waals surface area contributed by atoms with E-state index in [0.717, 1.165) is 28.7 Å². The standard InChI is InChI=1S/C33H43N3O4S/c1-7-26(6)34-33(38)30(9-3)35(22-27-14-12-13-25(5)21-27)32(37)23-36(31-16-11-10-15-28(31)8-2)41(39,40)29-19-17-24(4)18-20-29/h10-21,26,30H,7-9,22-23H2,1-6H3,(H,34,38). The van der Waals surface area contributed by atoms with Crippen molar-refractivity contribution in [3.63, 3.8) is 0 Å². The van der Waals surface area contributed by atoms with Crippen LogP contribution in [0, 0.1) is 13.8 Å². The van der Waals surface area contributed by atoms with Crippen LogP contribution >= 0.6 is 0 Å². The van der Waals surface area contributed by atoms with Crippen LogP contribution in [0.1, 0.15) is 62.8 Å². The molecule has 0 radical (unpaired) electrons. The number of benzene rings is 3. The molecule has 2 amide bonds. The molecule has 1 N–H and O–H groups in total. The lowest BCUT2D eigenvalue weighted by molar-refractivity contribution is -0.140. The molecule has 3 aromatic carbocycles. The van der Waals surface area contributed by atoms with Crippen LogP contribution in [0.3, 0.4) is 0 Å². The average Bonchev–Trinajstić information content (AvgIpc) is 2.95. The SMILES string of the molecule is CCc1ccccc1N(CC(=O)N(Cc1cccc(C)c1)C(CC)C(=O)NC(C)CC)S(=O)(=O)c1ccc(C)cc1. The maximum atomic E-state index is 14.2. The predicted molar refractivity (Wildman–Crippen MR) is 165 cm³/mol. The monoisotopic (exact) mass is 577 g/mol. The van der Waals surface area contributed by atoms with Crippen LogP contribution in [-0.4, -0.2) is 43.8 Å². The summed E-state index contributed by atoms with van der Waals surface area (Å²) in [5, 5.41) is 3.01. The molecule has 3 aromatic rings. The van der Waals surface area contributed by atoms with Crippen molar-refractivity contribution in [2.75, 3.05) is 10.8 Å². The number of para-hydroxylation sites is 1. The molecule has 0 aromatic heterocycles. The molecular weight excluding hydrogens is 534 g/mol. The fourth-order valence-corrected chi connectivity index (χ4v) is 6.22. The minimum Gasteiger partial charge on any atom is -0.352 e. The first-order chi connectivity index (χ1) is 19.5. The first kappa shape index (κ1) is 31.9. The van der Waals surface area contributed by atoms with Gasteiger partial charge in [0.05, 0.1) is 10.6 Å². The molecule has 0 spiro atoms. The lowest BCUT2D eigenvalue weighted by atomic mass is 10.1. The van der Waals surface area contributed by atoms with Crippen molar-refractivity contribution < 1.29 is 18.0 Å². The van der Waals surface area contributed by atoms with E-state index in [2.05, 4.69) is 5.32 Å². The number of hydrogen-bond donors (Lipinski definition) is 1. The van der Waals surface area contributed by atoms with Gasteiger partial charge in [0.25, 0.3) is 10.0 Å². The van der Waals surface area contributed by atoms with Crippen molar-refractivity contribution in [1.29, 1.82) is 0 Å². The maximum Gasteiger partial charge on any atom is 0.264 e. The van der Waals surface area contributed by atoms with Gasteiger partial charge in [-0.05, 0) is 69.4 Å². The van der Waals surface area contributed by atoms with Gasteiger partial charge in [0, 0.05) is 12.6 Å². The summed E-state index contributed by atoms with van der Waals surface area (Å²) in [5.41, 5.74) is 4.10. The molecule has 0 saturated heterocycles. The van der Waals surface area contributed by atoms with Crippen molar-refractivity contribution in [3.05, 3.63) is 95.1 Å². The highest BCUT2D eigenvalue weighted by Crippen LogP contribution is 2.28. The minimum atomic E-state index is -4.10. The number of sulfonamides is 1. The summed E-state index contributed by atoms with van der Waals surface area (Å²) in [5.74, 6) is -0.691. The minimum absolute atomic E-state index is 0.0534. The summed E-state index contributed by atoms with van der Waals surface area (Å²) in [6.45, 7) is 11.3. The number of carbonyl (C=O) groups is 2. The van der Waals surface area contributed by atoms with Gasteiger partial charge in [-0.25, -0.2) is 8.42 Å². The van der Waals surface area contributed by atoms with Gasteiger partial charge in [0.2, 0.25) is 11.8 Å². The molecule has 3 rings (SSSR count). The molecule has 0 heterocycles. The Morgan fingerprint density at radius 3 is 2.15 bits per heavy atom. The Morgan fingerprint density at radius 1 is 0.854 bits per heavy atom. The smallest absolute Gasteiger partial charge is 0.264 e. The maximum absolute atomic E-state index is 14.2. The Balaban J connectivity index is 2.10. The van der Waals surface area contributed by atoms with Crippen LogP contribution in [-0.2, 0) is 32.6 Å². The molecule has 41 heavy (non-hydrogen) atoms. The highest BCUT2D eigenvalue weighted by atomic mass is 32.2. The molecule has 7 nitrogen and oxygen atoms in total. The molecule has 0 saturated carbocycles. The normalized spacial score (nSPS) is 12.8. The van der Waals surface area contributed by atoms with Gasteiger partial charge >= 0.3 is 0 Å². The van der Waals surface area contributed by atoms with Crippen molar-refractivity contribution in [1.82, 2.24) is 10.2 Å². The summed E-state index contributed by atoms with van der Waals surface area (Å²) >= 11 is 0. The second kappa shape index (κ2) is 14.3. The van der Waals surface area contributed by atoms with Gasteiger partial charge in [-0.15, -0.1) is 0 Å². The van der Waals surface area contributed by atoms with E-state index in [1.54, 1.807) is 36.4 Å². The summed E-state index contributed by atoms with van der Waals surface area (Å²) in [6.07, 6.45) is 1.73. The number of nitrogens with zero attached hydrogens (tertiary/aromatic N) is 2. The highest BCUT2D eigenvalue weighted by Gasteiger charge is 2.34. The average molecular weight is 578 g/mol. The van der Waals surface area contributed by atoms with Gasteiger partial charge in [-0.3, -0.25) is 13.9 Å². The zero-order valence-corrected chi connectivity index (χ0v) is 25.9. The van der Waals surface area contributed by atoms with Crippen LogP contribution < -0.4 is 9.62 Å². The fourth-order valence-electron chi connectivity index (χ4n) is 4.77. The van der Waals surface area contributed by atoms with Gasteiger partial charge in [-0.1, -0.05) is 86.5 Å². The Morgan fingerprint density at radius 2 is 1.54 bits per heavy atom. The lowest BCUT2D eigenvalue weighted by Gasteiger charge is -2.34. The molecule has 220 valence electrons. The van der Waals surface area contributed by atoms with Crippen molar-refractivity contribution in [2.45, 2.75) is 84.3 Å². The van der Waals surface area contributed by atoms with Crippen LogP contribution in [0.15, 0.2) is 77.7 Å². The molecule has 8 heteroatoms. The lowest BCUT2D eigenvalue weighted by Crippen LogP contribution is -2.53. The van der Waals surface area contributed by atoms with Gasteiger partial charge in [-0.2, -0.15) is 0 Å². The quantitative estimate of drug-likeness (QED) is 0.279. The van der Waals surface area contributed by atoms with Gasteiger partial charge in [0.15, 0.2) is 0 Å². The van der Waals surface area contributed by atoms with Crippen LogP contribution in [0.4, 0.5) is 5.69 Å². The largest absolute Gasteiger partial charge is 0.352 e. The summed E-state index contributed by atoms with van der Waals surface area (Å²) < 4.78 is 29.4. The second-order valence-electron chi connectivity index (χ2n) is 10.6. The molecule has 0 aliphatic heterocycles. The summed E-state index contributed by atoms with van der Waals surface area (Å²) in [4.78, 5) is 29.3. The summed E-state index contributed by atoms with van der Waals surface area (Å²) in [7, 11) is -4.10. The third-order valence-electron chi connectivity index (χ3n) is 7.35. The van der Waals surface area contributed by atoms with E-state index in [1.807, 2.05) is 77.9 Å². The van der Waals surface area contributed by atoms with E-state index in [0.29, 0.717) is 18.5 Å². The number of anilines is 1. The number of rotatable bonds is 13. The van der Waals surface area contributed by atoms with Crippen molar-refractivity contribution >= 4 is 27.5 Å². The molecule has 0 aliphatic rings. The number of aryl methyl sites for hydroxylation is 3. The fraction of sp³-hybridized carbons (Fsp3) is 0.394. The Labute approximate surface area is 245 Å². The second-order valence-corrected chi connectivity index (χ2v) is 12.4. The third kappa shape index (κ3) is 7.97. The van der Waals surface area contributed by atoms with Gasteiger partial charge in [0.1, 0.15) is 12.6 Å². The Kier molecular flexibility index (Phi) is 11.1. The molecule has 2 atom stereocenters. The molecular formula is C33H43N3O4S. The number of carbonyl (C=O) groups excluding carboxylic acids is 2. The van der Waals surface area contributed by atoms with E-state index in [1.165, 1.54) is 9.21 Å². The predicted octanol–water partition coefficient (Wildman–Crippen LogP) is 5.78. The van der Waals surface area contributed by atoms with Crippen LogP contribution in [0.2, 0.25) is 0 Å². The summed E-state index contributed by atoms with van der Waals surface area (Å²) in [6, 6.07) is 20.8. The topological polar surface area (TPSA) is 86.8 Å². The molecule has 0 aliphatic carbocycles. The third-order valence-corrected chi connectivity index (χ3v) is 9.13. The number of amides is 2. The van der Waals surface area contributed by atoms with E-state index >= 15 is 0 Å². The van der Waals surface area contributed by atoms with Crippen LogP contribution in [0.25, 0.3) is 0 Å². The first-order valence-corrected chi connectivity index (χ1v) is 15.8. The Hall–Kier alpha value is -3.65. The van der Waals surface area contributed by atoms with E-state index in [4.69, 9.17) is 0 Å². The van der Waals surface area contributed by atoms with Crippen molar-refractivity contribution in [3.8, 4) is 0 Å². The number of hydrogen-bond acceptors (Lipinski definition) is 4. The van der Waals surface area contributed by atoms with E-state index in [-0.39, 0.29) is 23.4 Å². The zero-order chi connectivity index (χ0) is 30.2. The van der Waals surface area contributed by atoms with Crippen molar-refractivity contribution in [2.24, 2.45) is 0 Å². The zero-order valence-electron chi connectivity index (χ0n) is 25.1.